The molecule has 2 fully saturated rings. The quantitative estimate of drug-likeness (QED) is 0.181. The van der Waals surface area contributed by atoms with Gasteiger partial charge in [0.2, 0.25) is 0 Å². The summed E-state index contributed by atoms with van der Waals surface area (Å²) in [7, 11) is -0.384. The average Bonchev–Trinajstić information content (AvgIpc) is 3.22. The van der Waals surface area contributed by atoms with Gasteiger partial charge in [-0.05, 0) is 54.3 Å². The molecule has 1 aromatic rings. The fourth-order valence-corrected chi connectivity index (χ4v) is 7.90. The zero-order chi connectivity index (χ0) is 30.9. The minimum Gasteiger partial charge on any atom is -0.417 e. The van der Waals surface area contributed by atoms with Crippen LogP contribution < -0.4 is 0 Å². The molecule has 0 unspecified atom stereocenters. The Hall–Kier alpha value is -1.39. The van der Waals surface area contributed by atoms with Crippen molar-refractivity contribution in [3.63, 3.8) is 0 Å². The van der Waals surface area contributed by atoms with E-state index < -0.39 is 32.0 Å². The van der Waals surface area contributed by atoms with Crippen molar-refractivity contribution < 1.29 is 33.3 Å². The van der Waals surface area contributed by atoms with Crippen LogP contribution in [0.4, 0.5) is 0 Å². The topological polar surface area (TPSA) is 83.5 Å². The summed E-state index contributed by atoms with van der Waals surface area (Å²) in [4.78, 5) is 13.9. The zero-order valence-electron chi connectivity index (χ0n) is 27.3. The molecule has 7 atom stereocenters. The van der Waals surface area contributed by atoms with Gasteiger partial charge in [-0.2, -0.15) is 0 Å². The van der Waals surface area contributed by atoms with Crippen molar-refractivity contribution in [2.24, 2.45) is 23.2 Å². The van der Waals surface area contributed by atoms with Crippen LogP contribution in [-0.4, -0.2) is 70.2 Å². The fourth-order valence-electron chi connectivity index (χ4n) is 6.84. The first-order chi connectivity index (χ1) is 19.7. The Morgan fingerprint density at radius 3 is 2.43 bits per heavy atom. The number of Topliss-reactive ketones (excluding diaryl/α,β-unsaturated/α-hetero) is 1. The summed E-state index contributed by atoms with van der Waals surface area (Å²) in [6.07, 6.45) is 2.56. The number of allylic oxidation sites excluding steroid dienone is 1. The average molecular weight is 603 g/mol. The summed E-state index contributed by atoms with van der Waals surface area (Å²) in [6, 6.07) is 10.2. The molecule has 1 aliphatic heterocycles. The van der Waals surface area contributed by atoms with Gasteiger partial charge in [-0.15, -0.1) is 0 Å². The molecule has 1 heterocycles. The number of fused-ring (bicyclic) bond motifs is 2. The van der Waals surface area contributed by atoms with E-state index in [4.69, 9.17) is 23.4 Å². The van der Waals surface area contributed by atoms with Crippen molar-refractivity contribution in [2.45, 2.75) is 109 Å². The lowest BCUT2D eigenvalue weighted by Gasteiger charge is -2.54. The summed E-state index contributed by atoms with van der Waals surface area (Å²) in [5, 5.41) is 11.7. The molecule has 42 heavy (non-hydrogen) atoms. The second-order valence-corrected chi connectivity index (χ2v) is 19.5. The zero-order valence-corrected chi connectivity index (χ0v) is 28.3. The van der Waals surface area contributed by atoms with Gasteiger partial charge in [0.05, 0.1) is 19.3 Å². The van der Waals surface area contributed by atoms with E-state index in [2.05, 4.69) is 65.9 Å². The Morgan fingerprint density at radius 2 is 1.83 bits per heavy atom. The number of aliphatic hydroxyl groups excluding tert-OH is 1. The molecular formula is C34H54O7Si. The molecule has 7 nitrogen and oxygen atoms in total. The minimum atomic E-state index is -1.94. The monoisotopic (exact) mass is 602 g/mol. The Morgan fingerprint density at radius 1 is 1.14 bits per heavy atom. The number of methoxy groups -OCH3 is 1. The van der Waals surface area contributed by atoms with Crippen molar-refractivity contribution in [3.05, 3.63) is 47.5 Å². The van der Waals surface area contributed by atoms with Crippen molar-refractivity contribution in [3.8, 4) is 0 Å². The molecule has 0 spiro atoms. The smallest absolute Gasteiger partial charge is 0.191 e. The van der Waals surface area contributed by atoms with Crippen LogP contribution in [-0.2, 0) is 34.8 Å². The molecule has 3 aliphatic rings. The summed E-state index contributed by atoms with van der Waals surface area (Å²) in [6.45, 7) is 19.1. The second kappa shape index (κ2) is 12.9. The molecule has 8 heteroatoms. The lowest BCUT2D eigenvalue weighted by atomic mass is 9.68. The van der Waals surface area contributed by atoms with E-state index in [1.54, 1.807) is 7.11 Å². The van der Waals surface area contributed by atoms with E-state index in [0.29, 0.717) is 26.2 Å². The predicted octanol–water partition coefficient (Wildman–Crippen LogP) is 6.30. The Labute approximate surface area is 254 Å². The molecule has 4 rings (SSSR count). The first-order valence-corrected chi connectivity index (χ1v) is 18.5. The van der Waals surface area contributed by atoms with Crippen LogP contribution in [0.15, 0.2) is 42.0 Å². The first kappa shape index (κ1) is 33.5. The van der Waals surface area contributed by atoms with Crippen molar-refractivity contribution >= 4 is 14.1 Å². The SMILES string of the molecule is COCO[C@H]1C(=O)[C@H](O)[C@H](C)[C@@H]([C@]2(OCc3ccccc3)CO[C@@H]2CCO[Si](C)(C)C(C)(C)C)/C=C2\CC[C@H]1C2(C)C. The van der Waals surface area contributed by atoms with Crippen molar-refractivity contribution in [1.82, 2.24) is 0 Å². The van der Waals surface area contributed by atoms with Crippen LogP contribution in [0.1, 0.15) is 66.4 Å². The maximum atomic E-state index is 13.9. The number of ether oxygens (including phenoxy) is 4. The third-order valence-electron chi connectivity index (χ3n) is 10.8. The van der Waals surface area contributed by atoms with E-state index in [1.807, 2.05) is 25.1 Å². The standard InChI is InChI=1S/C34H54O7Si/c1-23-27(19-25-15-16-26(33(25,5)6)31(39-22-37-7)30(36)29(23)35)34(40-20-24-13-11-10-12-14-24)21-38-28(34)17-18-41-42(8,9)32(2,3)4/h10-14,19,23,26-29,31,35H,15-18,20-22H2,1-9H3/b25-19+/t23-,26-,27+,28-,29-,31-,34-/m1/s1. The van der Waals surface area contributed by atoms with Crippen LogP contribution in [0.25, 0.3) is 0 Å². The molecule has 1 saturated heterocycles. The molecule has 2 aliphatic carbocycles. The number of hydrogen-bond acceptors (Lipinski definition) is 7. The number of carbonyl (C=O) groups is 1. The van der Waals surface area contributed by atoms with Gasteiger partial charge in [-0.25, -0.2) is 0 Å². The molecule has 0 radical (unpaired) electrons. The summed E-state index contributed by atoms with van der Waals surface area (Å²) >= 11 is 0. The first-order valence-electron chi connectivity index (χ1n) is 15.6. The van der Waals surface area contributed by atoms with Crippen molar-refractivity contribution in [1.29, 1.82) is 0 Å². The molecule has 1 saturated carbocycles. The van der Waals surface area contributed by atoms with Gasteiger partial charge in [0.1, 0.15) is 24.6 Å². The maximum Gasteiger partial charge on any atom is 0.191 e. The highest BCUT2D eigenvalue weighted by Crippen LogP contribution is 2.54. The van der Waals surface area contributed by atoms with E-state index in [1.165, 1.54) is 5.57 Å². The van der Waals surface area contributed by atoms with Crippen LogP contribution in [0, 0.1) is 23.2 Å². The molecule has 0 aromatic heterocycles. The lowest BCUT2D eigenvalue weighted by Crippen LogP contribution is -2.66. The summed E-state index contributed by atoms with van der Waals surface area (Å²) in [5.74, 6) is -0.951. The normalized spacial score (nSPS) is 34.6. The van der Waals surface area contributed by atoms with E-state index in [9.17, 15) is 9.90 Å². The number of hydrogen-bond donors (Lipinski definition) is 1. The van der Waals surface area contributed by atoms with E-state index >= 15 is 0 Å². The molecule has 0 amide bonds. The third kappa shape index (κ3) is 6.51. The Balaban J connectivity index is 1.70. The minimum absolute atomic E-state index is 0.0147. The number of benzene rings is 1. The summed E-state index contributed by atoms with van der Waals surface area (Å²) < 4.78 is 30.9. The highest BCUT2D eigenvalue weighted by molar-refractivity contribution is 6.74. The number of rotatable bonds is 11. The van der Waals surface area contributed by atoms with Crippen LogP contribution in [0.5, 0.6) is 0 Å². The van der Waals surface area contributed by atoms with Gasteiger partial charge in [0, 0.05) is 25.6 Å². The van der Waals surface area contributed by atoms with Crippen LogP contribution in [0.3, 0.4) is 0 Å². The predicted molar refractivity (Wildman–Crippen MR) is 166 cm³/mol. The highest BCUT2D eigenvalue weighted by atomic mass is 28.4. The van der Waals surface area contributed by atoms with Crippen LogP contribution >= 0.6 is 0 Å². The molecule has 1 N–H and O–H groups in total. The van der Waals surface area contributed by atoms with E-state index in [-0.39, 0.29) is 41.0 Å². The fraction of sp³-hybridized carbons (Fsp3) is 0.735. The Kier molecular flexibility index (Phi) is 10.3. The van der Waals surface area contributed by atoms with E-state index in [0.717, 1.165) is 18.4 Å². The van der Waals surface area contributed by atoms with Gasteiger partial charge in [-0.3, -0.25) is 4.79 Å². The van der Waals surface area contributed by atoms with Gasteiger partial charge in [-0.1, -0.05) is 83.5 Å². The largest absolute Gasteiger partial charge is 0.417 e. The van der Waals surface area contributed by atoms with Gasteiger partial charge in [0.25, 0.3) is 0 Å². The Bertz CT molecular complexity index is 1090. The number of aliphatic hydroxyl groups is 1. The molecular weight excluding hydrogens is 548 g/mol. The molecule has 236 valence electrons. The van der Waals surface area contributed by atoms with Crippen LogP contribution in [0.2, 0.25) is 18.1 Å². The number of ketones is 1. The highest BCUT2D eigenvalue weighted by Gasteiger charge is 2.59. The lowest BCUT2D eigenvalue weighted by molar-refractivity contribution is -0.293. The van der Waals surface area contributed by atoms with Gasteiger partial charge in [0.15, 0.2) is 14.1 Å². The van der Waals surface area contributed by atoms with Gasteiger partial charge < -0.3 is 28.5 Å². The number of carbonyl (C=O) groups excluding carboxylic acids is 1. The second-order valence-electron chi connectivity index (χ2n) is 14.7. The molecule has 1 aromatic carbocycles. The third-order valence-corrected chi connectivity index (χ3v) is 15.4. The molecule has 2 bridgehead atoms. The maximum absolute atomic E-state index is 13.9. The van der Waals surface area contributed by atoms with Gasteiger partial charge >= 0.3 is 0 Å². The van der Waals surface area contributed by atoms with Crippen molar-refractivity contribution in [2.75, 3.05) is 27.1 Å². The summed E-state index contributed by atoms with van der Waals surface area (Å²) in [5.41, 5.74) is 1.39.